The van der Waals surface area contributed by atoms with E-state index in [1.165, 1.54) is 16.9 Å². The standard InChI is InChI=1S/C21H18N2O3S/c1-25-13-17-16-9-5-6-10-18(16)26-19(17)20(24)23-21-22-12-15(27-21)11-14-7-3-2-4-8-14/h2-10,12H,11,13H2,1H3,(H,22,23,24). The molecule has 0 unspecified atom stereocenters. The number of amides is 1. The van der Waals surface area contributed by atoms with E-state index in [1.54, 1.807) is 13.3 Å². The van der Waals surface area contributed by atoms with Crippen molar-refractivity contribution in [3.63, 3.8) is 0 Å². The molecule has 4 aromatic rings. The van der Waals surface area contributed by atoms with Gasteiger partial charge < -0.3 is 9.15 Å². The van der Waals surface area contributed by atoms with E-state index in [0.717, 1.165) is 22.2 Å². The minimum Gasteiger partial charge on any atom is -0.451 e. The zero-order valence-electron chi connectivity index (χ0n) is 14.8. The predicted molar refractivity (Wildman–Crippen MR) is 106 cm³/mol. The van der Waals surface area contributed by atoms with Crippen molar-refractivity contribution >= 4 is 33.3 Å². The molecule has 0 fully saturated rings. The Morgan fingerprint density at radius 3 is 2.74 bits per heavy atom. The SMILES string of the molecule is COCc1c(C(=O)Nc2ncc(Cc3ccccc3)s2)oc2ccccc12. The van der Waals surface area contributed by atoms with Gasteiger partial charge in [-0.1, -0.05) is 48.5 Å². The van der Waals surface area contributed by atoms with Crippen molar-refractivity contribution in [2.24, 2.45) is 0 Å². The fourth-order valence-electron chi connectivity index (χ4n) is 2.97. The largest absolute Gasteiger partial charge is 0.451 e. The number of hydrogen-bond acceptors (Lipinski definition) is 5. The first-order valence-corrected chi connectivity index (χ1v) is 9.35. The van der Waals surface area contributed by atoms with Crippen molar-refractivity contribution in [3.8, 4) is 0 Å². The van der Waals surface area contributed by atoms with Crippen molar-refractivity contribution in [3.05, 3.63) is 82.6 Å². The van der Waals surface area contributed by atoms with Gasteiger partial charge in [0.2, 0.25) is 0 Å². The number of aromatic nitrogens is 1. The molecule has 5 nitrogen and oxygen atoms in total. The summed E-state index contributed by atoms with van der Waals surface area (Å²) in [4.78, 5) is 18.2. The Morgan fingerprint density at radius 1 is 1.15 bits per heavy atom. The third-order valence-corrected chi connectivity index (χ3v) is 5.10. The van der Waals surface area contributed by atoms with Gasteiger partial charge in [-0.2, -0.15) is 0 Å². The summed E-state index contributed by atoms with van der Waals surface area (Å²) in [5, 5.41) is 4.28. The van der Waals surface area contributed by atoms with Crippen LogP contribution in [0.15, 0.2) is 65.2 Å². The number of fused-ring (bicyclic) bond motifs is 1. The van der Waals surface area contributed by atoms with Crippen molar-refractivity contribution in [1.29, 1.82) is 0 Å². The van der Waals surface area contributed by atoms with E-state index >= 15 is 0 Å². The molecule has 0 saturated carbocycles. The fourth-order valence-corrected chi connectivity index (χ4v) is 3.81. The van der Waals surface area contributed by atoms with Crippen LogP contribution in [0.2, 0.25) is 0 Å². The number of benzene rings is 2. The quantitative estimate of drug-likeness (QED) is 0.519. The van der Waals surface area contributed by atoms with Crippen molar-refractivity contribution in [2.45, 2.75) is 13.0 Å². The maximum absolute atomic E-state index is 12.8. The molecule has 0 atom stereocenters. The van der Waals surface area contributed by atoms with Crippen LogP contribution in [0.5, 0.6) is 0 Å². The topological polar surface area (TPSA) is 64.4 Å². The lowest BCUT2D eigenvalue weighted by atomic mass is 10.1. The summed E-state index contributed by atoms with van der Waals surface area (Å²) < 4.78 is 11.0. The molecule has 1 N–H and O–H groups in total. The number of methoxy groups -OCH3 is 1. The third kappa shape index (κ3) is 3.77. The molecule has 2 aromatic carbocycles. The first-order chi connectivity index (χ1) is 13.2. The zero-order chi connectivity index (χ0) is 18.6. The van der Waals surface area contributed by atoms with Crippen LogP contribution >= 0.6 is 11.3 Å². The number of nitrogens with zero attached hydrogens (tertiary/aromatic N) is 1. The van der Waals surface area contributed by atoms with E-state index in [4.69, 9.17) is 9.15 Å². The molecule has 4 rings (SSSR count). The Bertz CT molecular complexity index is 1070. The molecule has 1 amide bonds. The van der Waals surface area contributed by atoms with Gasteiger partial charge in [0, 0.05) is 35.6 Å². The third-order valence-electron chi connectivity index (χ3n) is 4.19. The van der Waals surface area contributed by atoms with E-state index in [0.29, 0.717) is 17.3 Å². The summed E-state index contributed by atoms with van der Waals surface area (Å²) >= 11 is 1.46. The van der Waals surface area contributed by atoms with Gasteiger partial charge >= 0.3 is 0 Å². The molecule has 6 heteroatoms. The second-order valence-electron chi connectivity index (χ2n) is 6.09. The molecule has 0 saturated heterocycles. The number of anilines is 1. The highest BCUT2D eigenvalue weighted by atomic mass is 32.1. The van der Waals surface area contributed by atoms with Crippen LogP contribution in [0.25, 0.3) is 11.0 Å². The van der Waals surface area contributed by atoms with Gasteiger partial charge in [0.05, 0.1) is 6.61 Å². The maximum Gasteiger partial charge on any atom is 0.293 e. The highest BCUT2D eigenvalue weighted by molar-refractivity contribution is 7.15. The summed E-state index contributed by atoms with van der Waals surface area (Å²) in [5.41, 5.74) is 2.61. The first-order valence-electron chi connectivity index (χ1n) is 8.54. The van der Waals surface area contributed by atoms with Crippen LogP contribution in [0.1, 0.15) is 26.6 Å². The van der Waals surface area contributed by atoms with E-state index < -0.39 is 0 Å². The van der Waals surface area contributed by atoms with Crippen LogP contribution in [0.4, 0.5) is 5.13 Å². The maximum atomic E-state index is 12.8. The number of carbonyl (C=O) groups excluding carboxylic acids is 1. The molecule has 136 valence electrons. The molecule has 0 spiro atoms. The second kappa shape index (κ2) is 7.73. The Kier molecular flexibility index (Phi) is 5.00. The van der Waals surface area contributed by atoms with Gasteiger partial charge in [-0.3, -0.25) is 10.1 Å². The molecule has 0 aliphatic carbocycles. The van der Waals surface area contributed by atoms with Gasteiger partial charge in [-0.25, -0.2) is 4.98 Å². The number of carbonyl (C=O) groups is 1. The highest BCUT2D eigenvalue weighted by Gasteiger charge is 2.21. The molecular formula is C21H18N2O3S. The molecule has 27 heavy (non-hydrogen) atoms. The lowest BCUT2D eigenvalue weighted by molar-refractivity contribution is 0.0992. The molecular weight excluding hydrogens is 360 g/mol. The summed E-state index contributed by atoms with van der Waals surface area (Å²) in [6.07, 6.45) is 2.58. The summed E-state index contributed by atoms with van der Waals surface area (Å²) in [6, 6.07) is 17.7. The van der Waals surface area contributed by atoms with E-state index in [2.05, 4.69) is 22.4 Å². The molecule has 2 heterocycles. The number of nitrogens with one attached hydrogen (secondary N) is 1. The average Bonchev–Trinajstić information content (AvgIpc) is 3.28. The monoisotopic (exact) mass is 378 g/mol. The number of thiazole rings is 1. The molecule has 0 bridgehead atoms. The average molecular weight is 378 g/mol. The number of hydrogen-bond donors (Lipinski definition) is 1. The first kappa shape index (κ1) is 17.5. The fraction of sp³-hybridized carbons (Fsp3) is 0.143. The summed E-state index contributed by atoms with van der Waals surface area (Å²) in [7, 11) is 1.60. The van der Waals surface area contributed by atoms with Crippen LogP contribution < -0.4 is 5.32 Å². The van der Waals surface area contributed by atoms with E-state index in [1.807, 2.05) is 42.5 Å². The van der Waals surface area contributed by atoms with Crippen molar-refractivity contribution < 1.29 is 13.9 Å². The Hall–Kier alpha value is -2.96. The van der Waals surface area contributed by atoms with Crippen molar-refractivity contribution in [2.75, 3.05) is 12.4 Å². The van der Waals surface area contributed by atoms with Crippen LogP contribution in [0, 0.1) is 0 Å². The highest BCUT2D eigenvalue weighted by Crippen LogP contribution is 2.28. The molecule has 0 radical (unpaired) electrons. The second-order valence-corrected chi connectivity index (χ2v) is 7.20. The minimum absolute atomic E-state index is 0.262. The predicted octanol–water partition coefficient (Wildman–Crippen LogP) is 4.88. The summed E-state index contributed by atoms with van der Waals surface area (Å²) in [6.45, 7) is 0.302. The number of rotatable bonds is 6. The normalized spacial score (nSPS) is 11.0. The van der Waals surface area contributed by atoms with E-state index in [-0.39, 0.29) is 11.7 Å². The van der Waals surface area contributed by atoms with Gasteiger partial charge in [0.1, 0.15) is 5.58 Å². The lowest BCUT2D eigenvalue weighted by Crippen LogP contribution is -2.13. The Morgan fingerprint density at radius 2 is 1.93 bits per heavy atom. The molecule has 0 aliphatic heterocycles. The Labute approximate surface area is 160 Å². The van der Waals surface area contributed by atoms with Crippen LogP contribution in [-0.4, -0.2) is 18.0 Å². The van der Waals surface area contributed by atoms with Crippen LogP contribution in [-0.2, 0) is 17.8 Å². The van der Waals surface area contributed by atoms with Crippen molar-refractivity contribution in [1.82, 2.24) is 4.98 Å². The number of ether oxygens (including phenoxy) is 1. The van der Waals surface area contributed by atoms with Gasteiger partial charge in [-0.15, -0.1) is 11.3 Å². The van der Waals surface area contributed by atoms with Gasteiger partial charge in [-0.05, 0) is 11.6 Å². The van der Waals surface area contributed by atoms with Gasteiger partial charge in [0.15, 0.2) is 10.9 Å². The smallest absolute Gasteiger partial charge is 0.293 e. The molecule has 2 aromatic heterocycles. The molecule has 0 aliphatic rings. The van der Waals surface area contributed by atoms with Gasteiger partial charge in [0.25, 0.3) is 5.91 Å². The van der Waals surface area contributed by atoms with Crippen LogP contribution in [0.3, 0.4) is 0 Å². The zero-order valence-corrected chi connectivity index (χ0v) is 15.6. The minimum atomic E-state index is -0.320. The summed E-state index contributed by atoms with van der Waals surface area (Å²) in [5.74, 6) is -0.0586. The Balaban J connectivity index is 1.54. The number of para-hydroxylation sites is 1. The van der Waals surface area contributed by atoms with E-state index in [9.17, 15) is 4.79 Å². The lowest BCUT2D eigenvalue weighted by Gasteiger charge is -2.02. The number of furan rings is 1.